The highest BCUT2D eigenvalue weighted by Crippen LogP contribution is 2.00. The lowest BCUT2D eigenvalue weighted by atomic mass is 10.1. The zero-order valence-electron chi connectivity index (χ0n) is 19.8. The first-order valence-corrected chi connectivity index (χ1v) is 10.8. The molecule has 0 atom stereocenters. The van der Waals surface area contributed by atoms with Gasteiger partial charge in [0.2, 0.25) is 0 Å². The number of unbranched alkanes of at least 4 members (excludes halogenated alkanes) is 2. The van der Waals surface area contributed by atoms with Gasteiger partial charge in [0.25, 0.3) is 0 Å². The van der Waals surface area contributed by atoms with Crippen molar-refractivity contribution in [2.75, 3.05) is 0 Å². The molecule has 0 N–H and O–H groups in total. The van der Waals surface area contributed by atoms with E-state index in [1.807, 2.05) is 27.7 Å². The van der Waals surface area contributed by atoms with Crippen LogP contribution in [-0.2, 0) is 0 Å². The van der Waals surface area contributed by atoms with Gasteiger partial charge in [0, 0.05) is 0 Å². The summed E-state index contributed by atoms with van der Waals surface area (Å²) in [5, 5.41) is 0. The Kier molecular flexibility index (Phi) is 62.7. The van der Waals surface area contributed by atoms with Crippen molar-refractivity contribution < 1.29 is 0 Å². The van der Waals surface area contributed by atoms with E-state index in [0.29, 0.717) is 0 Å². The Bertz CT molecular complexity index is 194. The van der Waals surface area contributed by atoms with E-state index in [2.05, 4.69) is 73.6 Å². The van der Waals surface area contributed by atoms with E-state index in [1.54, 1.807) is 0 Å². The topological polar surface area (TPSA) is 0 Å². The van der Waals surface area contributed by atoms with Crippen LogP contribution in [0.1, 0.15) is 128 Å². The maximum atomic E-state index is 2.25. The zero-order valence-corrected chi connectivity index (χ0v) is 19.8. The minimum absolute atomic E-state index is 0.898. The molecule has 0 rings (SSSR count). The highest BCUT2D eigenvalue weighted by atomic mass is 13.9. The van der Waals surface area contributed by atoms with Crippen LogP contribution in [0.5, 0.6) is 0 Å². The Hall–Kier alpha value is -0.520. The van der Waals surface area contributed by atoms with Crippen LogP contribution >= 0.6 is 0 Å². The summed E-state index contributed by atoms with van der Waals surface area (Å²) in [6.07, 6.45) is 15.5. The molecule has 150 valence electrons. The molecule has 24 heavy (non-hydrogen) atoms. The van der Waals surface area contributed by atoms with Gasteiger partial charge in [0.15, 0.2) is 0 Å². The molecule has 0 fully saturated rings. The van der Waals surface area contributed by atoms with Crippen LogP contribution in [-0.4, -0.2) is 0 Å². The predicted molar refractivity (Wildman–Crippen MR) is 121 cm³/mol. The van der Waals surface area contributed by atoms with Crippen LogP contribution < -0.4 is 0 Å². The van der Waals surface area contributed by atoms with Crippen molar-refractivity contribution >= 4 is 0 Å². The molecule has 0 radical (unpaired) electrons. The van der Waals surface area contributed by atoms with E-state index in [0.717, 1.165) is 12.3 Å². The Morgan fingerprint density at radius 3 is 1.42 bits per heavy atom. The van der Waals surface area contributed by atoms with Crippen LogP contribution in [0, 0.1) is 5.92 Å². The Morgan fingerprint density at radius 2 is 1.21 bits per heavy atom. The molecule has 0 heterocycles. The first-order valence-electron chi connectivity index (χ1n) is 10.8. The normalized spacial score (nSPS) is 9.62. The van der Waals surface area contributed by atoms with Crippen molar-refractivity contribution in [1.82, 2.24) is 0 Å². The molecule has 0 bridgehead atoms. The second kappa shape index (κ2) is 43.3. The second-order valence-corrected chi connectivity index (χ2v) is 5.77. The molecule has 0 aromatic heterocycles. The van der Waals surface area contributed by atoms with E-state index in [4.69, 9.17) is 0 Å². The van der Waals surface area contributed by atoms with Gasteiger partial charge < -0.3 is 0 Å². The summed E-state index contributed by atoms with van der Waals surface area (Å²) in [6, 6.07) is 0. The molecular weight excluding hydrogens is 288 g/mol. The SMILES string of the molecule is CC.CC.CCC/C=C\C=C(/C)CC.CCCC.CCCC(C)C. The van der Waals surface area contributed by atoms with Crippen molar-refractivity contribution in [1.29, 1.82) is 0 Å². The van der Waals surface area contributed by atoms with Gasteiger partial charge in [0.1, 0.15) is 0 Å². The molecule has 0 unspecified atom stereocenters. The summed E-state index contributed by atoms with van der Waals surface area (Å²) in [5.74, 6) is 0.898. The fourth-order valence-electron chi connectivity index (χ4n) is 1.19. The van der Waals surface area contributed by atoms with Crippen LogP contribution in [0.15, 0.2) is 23.8 Å². The molecule has 0 heteroatoms. The van der Waals surface area contributed by atoms with Gasteiger partial charge >= 0.3 is 0 Å². The average molecular weight is 343 g/mol. The third kappa shape index (κ3) is 68.4. The lowest BCUT2D eigenvalue weighted by Crippen LogP contribution is -1.81. The standard InChI is InChI=1S/C10H18.C6H14.C4H10.2C2H6/c1-4-6-7-8-9-10(3)5-2;1-4-5-6(2)3;1-3-4-2;2*1-2/h7-9H,4-6H2,1-3H3;6H,4-5H2,1-3H3;3-4H2,1-2H3;2*1-2H3/b8-7-,10-9+;;;;. The van der Waals surface area contributed by atoms with E-state index >= 15 is 0 Å². The van der Waals surface area contributed by atoms with Crippen molar-refractivity contribution in [2.45, 2.75) is 128 Å². The summed E-state index contributed by atoms with van der Waals surface area (Å²) in [4.78, 5) is 0. The third-order valence-corrected chi connectivity index (χ3v) is 2.90. The Labute approximate surface area is 158 Å². The van der Waals surface area contributed by atoms with Crippen LogP contribution in [0.25, 0.3) is 0 Å². The average Bonchev–Trinajstić information content (AvgIpc) is 2.62. The van der Waals surface area contributed by atoms with Gasteiger partial charge in [-0.25, -0.2) is 0 Å². The van der Waals surface area contributed by atoms with Gasteiger partial charge in [-0.1, -0.05) is 132 Å². The largest absolute Gasteiger partial charge is 0.0845 e. The molecule has 0 aliphatic heterocycles. The van der Waals surface area contributed by atoms with E-state index in [1.165, 1.54) is 44.1 Å². The highest BCUT2D eigenvalue weighted by Gasteiger charge is 1.85. The quantitative estimate of drug-likeness (QED) is 0.404. The molecular formula is C24H54. The Balaban J connectivity index is -0.0000000736. The van der Waals surface area contributed by atoms with Crippen LogP contribution in [0.2, 0.25) is 0 Å². The fraction of sp³-hybridized carbons (Fsp3) is 0.833. The van der Waals surface area contributed by atoms with E-state index < -0.39 is 0 Å². The molecule has 0 saturated heterocycles. The molecule has 0 aliphatic carbocycles. The first-order chi connectivity index (χ1) is 11.5. The van der Waals surface area contributed by atoms with Crippen LogP contribution in [0.3, 0.4) is 0 Å². The number of allylic oxidation sites excluding steroid dienone is 4. The molecule has 0 saturated carbocycles. The monoisotopic (exact) mass is 342 g/mol. The summed E-state index contributed by atoms with van der Waals surface area (Å²) < 4.78 is 0. The van der Waals surface area contributed by atoms with Gasteiger partial charge in [-0.05, 0) is 25.7 Å². The second-order valence-electron chi connectivity index (χ2n) is 5.77. The lowest BCUT2D eigenvalue weighted by molar-refractivity contribution is 0.576. The summed E-state index contributed by atoms with van der Waals surface area (Å²) in [7, 11) is 0. The summed E-state index contributed by atoms with van der Waals surface area (Å²) in [5.41, 5.74) is 1.45. The summed E-state index contributed by atoms with van der Waals surface area (Å²) >= 11 is 0. The first kappa shape index (κ1) is 34.7. The van der Waals surface area contributed by atoms with Crippen molar-refractivity contribution in [2.24, 2.45) is 5.92 Å². The Morgan fingerprint density at radius 1 is 0.750 bits per heavy atom. The molecule has 0 aromatic rings. The van der Waals surface area contributed by atoms with E-state index in [9.17, 15) is 0 Å². The molecule has 0 aliphatic rings. The van der Waals surface area contributed by atoms with Crippen LogP contribution in [0.4, 0.5) is 0 Å². The summed E-state index contributed by atoms with van der Waals surface area (Å²) in [6.45, 7) is 25.6. The molecule has 0 aromatic carbocycles. The van der Waals surface area contributed by atoms with Crippen molar-refractivity contribution in [3.63, 3.8) is 0 Å². The van der Waals surface area contributed by atoms with Gasteiger partial charge in [-0.2, -0.15) is 0 Å². The zero-order chi connectivity index (χ0) is 20.2. The maximum Gasteiger partial charge on any atom is -0.0349 e. The fourth-order valence-corrected chi connectivity index (χ4v) is 1.19. The molecule has 0 nitrogen and oxygen atoms in total. The van der Waals surface area contributed by atoms with Gasteiger partial charge in [-0.3, -0.25) is 0 Å². The highest BCUT2D eigenvalue weighted by molar-refractivity contribution is 5.09. The minimum atomic E-state index is 0.898. The minimum Gasteiger partial charge on any atom is -0.0845 e. The molecule has 0 spiro atoms. The van der Waals surface area contributed by atoms with E-state index in [-0.39, 0.29) is 0 Å². The number of hydrogen-bond donors (Lipinski definition) is 0. The third-order valence-electron chi connectivity index (χ3n) is 2.90. The maximum absolute atomic E-state index is 2.25. The van der Waals surface area contributed by atoms with Gasteiger partial charge in [0.05, 0.1) is 0 Å². The van der Waals surface area contributed by atoms with Gasteiger partial charge in [-0.15, -0.1) is 0 Å². The molecule has 0 amide bonds. The number of hydrogen-bond acceptors (Lipinski definition) is 0. The van der Waals surface area contributed by atoms with Crippen molar-refractivity contribution in [3.05, 3.63) is 23.8 Å². The smallest absolute Gasteiger partial charge is 0.0349 e. The number of rotatable bonds is 7. The lowest BCUT2D eigenvalue weighted by Gasteiger charge is -1.95. The van der Waals surface area contributed by atoms with Crippen molar-refractivity contribution in [3.8, 4) is 0 Å². The predicted octanol–water partition coefficient (Wildman–Crippen LogP) is 10.0.